The van der Waals surface area contributed by atoms with Gasteiger partial charge in [-0.2, -0.15) is 0 Å². The van der Waals surface area contributed by atoms with Crippen LogP contribution in [0.1, 0.15) is 29.6 Å². The fourth-order valence-electron chi connectivity index (χ4n) is 2.40. The van der Waals surface area contributed by atoms with Gasteiger partial charge in [0.15, 0.2) is 0 Å². The molecule has 3 N–H and O–H groups in total. The van der Waals surface area contributed by atoms with Gasteiger partial charge < -0.3 is 20.5 Å². The number of carboxylic acids is 1. The van der Waals surface area contributed by atoms with E-state index in [9.17, 15) is 4.79 Å². The van der Waals surface area contributed by atoms with Crippen molar-refractivity contribution in [3.63, 3.8) is 0 Å². The van der Waals surface area contributed by atoms with E-state index in [1.165, 1.54) is 18.9 Å². The minimum atomic E-state index is -1.03. The van der Waals surface area contributed by atoms with Crippen molar-refractivity contribution in [3.8, 4) is 5.75 Å². The molecule has 1 saturated heterocycles. The molecule has 1 heterocycles. The summed E-state index contributed by atoms with van der Waals surface area (Å²) in [5.41, 5.74) is 6.11. The third-order valence-corrected chi connectivity index (χ3v) is 3.65. The maximum atomic E-state index is 11.0. The highest BCUT2D eigenvalue weighted by molar-refractivity contribution is 5.95. The van der Waals surface area contributed by atoms with Gasteiger partial charge in [-0.15, -0.1) is 0 Å². The Morgan fingerprint density at radius 2 is 2.32 bits per heavy atom. The Bertz CT molecular complexity index is 462. The van der Waals surface area contributed by atoms with Gasteiger partial charge in [0.2, 0.25) is 0 Å². The first-order chi connectivity index (χ1) is 9.09. The van der Waals surface area contributed by atoms with Gasteiger partial charge in [0.25, 0.3) is 0 Å². The number of benzene rings is 1. The predicted octanol–water partition coefficient (Wildman–Crippen LogP) is 1.83. The smallest absolute Gasteiger partial charge is 0.337 e. The number of para-hydroxylation sites is 1. The third-order valence-electron chi connectivity index (χ3n) is 3.65. The molecule has 104 valence electrons. The topological polar surface area (TPSA) is 75.8 Å². The molecule has 1 aromatic carbocycles. The fourth-order valence-corrected chi connectivity index (χ4v) is 2.40. The zero-order valence-corrected chi connectivity index (χ0v) is 11.1. The molecule has 1 fully saturated rings. The highest BCUT2D eigenvalue weighted by atomic mass is 16.5. The van der Waals surface area contributed by atoms with Crippen LogP contribution in [-0.4, -0.2) is 42.2 Å². The molecule has 1 unspecified atom stereocenters. The van der Waals surface area contributed by atoms with E-state index in [0.717, 1.165) is 13.0 Å². The lowest BCUT2D eigenvalue weighted by Crippen LogP contribution is -2.40. The summed E-state index contributed by atoms with van der Waals surface area (Å²) in [5.74, 6) is -0.573. The van der Waals surface area contributed by atoms with Crippen molar-refractivity contribution in [1.29, 1.82) is 0 Å². The molecule has 1 aliphatic rings. The van der Waals surface area contributed by atoms with Crippen molar-refractivity contribution in [2.75, 3.05) is 25.9 Å². The summed E-state index contributed by atoms with van der Waals surface area (Å²) < 4.78 is 5.71. The van der Waals surface area contributed by atoms with Crippen LogP contribution in [0.5, 0.6) is 5.75 Å². The average Bonchev–Trinajstić information content (AvgIpc) is 2.39. The second-order valence-corrected chi connectivity index (χ2v) is 4.96. The van der Waals surface area contributed by atoms with E-state index >= 15 is 0 Å². The number of nitrogens with zero attached hydrogens (tertiary/aromatic N) is 1. The summed E-state index contributed by atoms with van der Waals surface area (Å²) in [4.78, 5) is 13.3. The number of ether oxygens (including phenoxy) is 1. The number of piperidine rings is 1. The number of likely N-dealkylation sites (tertiary alicyclic amines) is 1. The van der Waals surface area contributed by atoms with E-state index in [1.807, 2.05) is 0 Å². The number of rotatable bonds is 4. The van der Waals surface area contributed by atoms with Gasteiger partial charge in [-0.1, -0.05) is 12.5 Å². The van der Waals surface area contributed by atoms with Crippen LogP contribution in [0.3, 0.4) is 0 Å². The van der Waals surface area contributed by atoms with E-state index in [2.05, 4.69) is 11.9 Å². The van der Waals surface area contributed by atoms with Crippen LogP contribution < -0.4 is 10.5 Å². The SMILES string of the molecule is CN1CCCCC1COc1cccc(C(=O)O)c1N. The molecule has 0 bridgehead atoms. The maximum absolute atomic E-state index is 11.0. The van der Waals surface area contributed by atoms with Crippen molar-refractivity contribution >= 4 is 11.7 Å². The average molecular weight is 264 g/mol. The molecular formula is C14H20N2O3. The van der Waals surface area contributed by atoms with Crippen LogP contribution in [0.25, 0.3) is 0 Å². The van der Waals surface area contributed by atoms with Gasteiger partial charge >= 0.3 is 5.97 Å². The first kappa shape index (κ1) is 13.7. The van der Waals surface area contributed by atoms with Gasteiger partial charge in [-0.3, -0.25) is 0 Å². The highest BCUT2D eigenvalue weighted by Gasteiger charge is 2.20. The highest BCUT2D eigenvalue weighted by Crippen LogP contribution is 2.26. The Morgan fingerprint density at radius 3 is 3.00 bits per heavy atom. The van der Waals surface area contributed by atoms with Crippen molar-refractivity contribution in [3.05, 3.63) is 23.8 Å². The van der Waals surface area contributed by atoms with Crippen molar-refractivity contribution < 1.29 is 14.6 Å². The molecule has 1 aromatic rings. The van der Waals surface area contributed by atoms with E-state index in [1.54, 1.807) is 12.1 Å². The van der Waals surface area contributed by atoms with E-state index in [-0.39, 0.29) is 11.3 Å². The third kappa shape index (κ3) is 3.17. The van der Waals surface area contributed by atoms with Crippen molar-refractivity contribution in [2.24, 2.45) is 0 Å². The van der Waals surface area contributed by atoms with Crippen LogP contribution in [0.2, 0.25) is 0 Å². The molecule has 0 radical (unpaired) electrons. The molecule has 5 nitrogen and oxygen atoms in total. The first-order valence-electron chi connectivity index (χ1n) is 6.54. The number of nitrogens with two attached hydrogens (primary N) is 1. The van der Waals surface area contributed by atoms with E-state index < -0.39 is 5.97 Å². The number of nitrogen functional groups attached to an aromatic ring is 1. The minimum absolute atomic E-state index is 0.0921. The zero-order valence-electron chi connectivity index (χ0n) is 11.1. The van der Waals surface area contributed by atoms with E-state index in [0.29, 0.717) is 18.4 Å². The quantitative estimate of drug-likeness (QED) is 0.811. The largest absolute Gasteiger partial charge is 0.490 e. The molecular weight excluding hydrogens is 244 g/mol. The first-order valence-corrected chi connectivity index (χ1v) is 6.54. The number of anilines is 1. The predicted molar refractivity (Wildman–Crippen MR) is 73.6 cm³/mol. The van der Waals surface area contributed by atoms with E-state index in [4.69, 9.17) is 15.6 Å². The van der Waals surface area contributed by atoms with Crippen LogP contribution in [-0.2, 0) is 0 Å². The molecule has 0 aliphatic carbocycles. The Balaban J connectivity index is 2.03. The monoisotopic (exact) mass is 264 g/mol. The van der Waals surface area contributed by atoms with Crippen LogP contribution in [0, 0.1) is 0 Å². The van der Waals surface area contributed by atoms with Gasteiger partial charge in [-0.05, 0) is 38.6 Å². The van der Waals surface area contributed by atoms with Crippen LogP contribution in [0.4, 0.5) is 5.69 Å². The number of carboxylic acid groups (broad SMARTS) is 1. The standard InChI is InChI=1S/C14H20N2O3/c1-16-8-3-2-5-10(16)9-19-12-7-4-6-11(13(12)15)14(17)18/h4,6-7,10H,2-3,5,8-9,15H2,1H3,(H,17,18). The summed E-state index contributed by atoms with van der Waals surface area (Å²) in [6.45, 7) is 1.63. The van der Waals surface area contributed by atoms with Crippen molar-refractivity contribution in [1.82, 2.24) is 4.90 Å². The van der Waals surface area contributed by atoms with Crippen LogP contribution in [0.15, 0.2) is 18.2 Å². The Morgan fingerprint density at radius 1 is 1.53 bits per heavy atom. The summed E-state index contributed by atoms with van der Waals surface area (Å²) in [6, 6.07) is 5.23. The lowest BCUT2D eigenvalue weighted by atomic mass is 10.0. The van der Waals surface area contributed by atoms with Crippen molar-refractivity contribution in [2.45, 2.75) is 25.3 Å². The minimum Gasteiger partial charge on any atom is -0.490 e. The van der Waals surface area contributed by atoms with Crippen LogP contribution >= 0.6 is 0 Å². The fraction of sp³-hybridized carbons (Fsp3) is 0.500. The normalized spacial score (nSPS) is 20.2. The second kappa shape index (κ2) is 5.93. The number of hydrogen-bond acceptors (Lipinski definition) is 4. The lowest BCUT2D eigenvalue weighted by Gasteiger charge is -2.32. The molecule has 0 aromatic heterocycles. The molecule has 0 amide bonds. The molecule has 1 aliphatic heterocycles. The molecule has 2 rings (SSSR count). The summed E-state index contributed by atoms with van der Waals surface area (Å²) >= 11 is 0. The number of likely N-dealkylation sites (N-methyl/N-ethyl adjacent to an activating group) is 1. The number of carbonyl (C=O) groups is 1. The Kier molecular flexibility index (Phi) is 4.27. The Labute approximate surface area is 113 Å². The van der Waals surface area contributed by atoms with Gasteiger partial charge in [0, 0.05) is 6.04 Å². The van der Waals surface area contributed by atoms with Gasteiger partial charge in [0.05, 0.1) is 11.3 Å². The summed E-state index contributed by atoms with van der Waals surface area (Å²) in [6.07, 6.45) is 3.54. The lowest BCUT2D eigenvalue weighted by molar-refractivity contribution is 0.0697. The number of aromatic carboxylic acids is 1. The number of hydrogen-bond donors (Lipinski definition) is 2. The molecule has 1 atom stereocenters. The summed E-state index contributed by atoms with van der Waals surface area (Å²) in [5, 5.41) is 9.01. The second-order valence-electron chi connectivity index (χ2n) is 4.96. The molecule has 0 saturated carbocycles. The summed E-state index contributed by atoms with van der Waals surface area (Å²) in [7, 11) is 2.09. The Hall–Kier alpha value is -1.75. The maximum Gasteiger partial charge on any atom is 0.337 e. The zero-order chi connectivity index (χ0) is 13.8. The molecule has 0 spiro atoms. The van der Waals surface area contributed by atoms with Gasteiger partial charge in [-0.25, -0.2) is 4.79 Å². The van der Waals surface area contributed by atoms with Gasteiger partial charge in [0.1, 0.15) is 12.4 Å². The molecule has 5 heteroatoms. The molecule has 19 heavy (non-hydrogen) atoms.